The van der Waals surface area contributed by atoms with Crippen LogP contribution < -0.4 is 0 Å². The molecule has 0 spiro atoms. The second-order valence-electron chi connectivity index (χ2n) is 6.64. The summed E-state index contributed by atoms with van der Waals surface area (Å²) in [4.78, 5) is 23.3. The van der Waals surface area contributed by atoms with E-state index in [-0.39, 0.29) is 5.92 Å². The first kappa shape index (κ1) is 15.7. The molecule has 3 aromatic rings. The molecule has 0 aliphatic carbocycles. The molecule has 0 unspecified atom stereocenters. The van der Waals surface area contributed by atoms with E-state index in [1.165, 1.54) is 5.56 Å². The Bertz CT molecular complexity index is 816. The molecule has 4 heteroatoms. The minimum atomic E-state index is -1.10. The summed E-state index contributed by atoms with van der Waals surface area (Å²) in [6.07, 6.45) is 0.685. The van der Waals surface area contributed by atoms with Crippen molar-refractivity contribution >= 4 is 0 Å². The fourth-order valence-corrected chi connectivity index (χ4v) is 3.81. The zero-order chi connectivity index (χ0) is 17.5. The number of fused-ring (bicyclic) bond motifs is 2. The molecular formula is C22H18O4. The van der Waals surface area contributed by atoms with Gasteiger partial charge < -0.3 is 0 Å². The van der Waals surface area contributed by atoms with E-state index in [0.717, 1.165) is 11.1 Å². The van der Waals surface area contributed by atoms with Crippen LogP contribution in [0.4, 0.5) is 0 Å². The van der Waals surface area contributed by atoms with Gasteiger partial charge in [-0.3, -0.25) is 0 Å². The summed E-state index contributed by atoms with van der Waals surface area (Å²) in [6.45, 7) is 0. The Morgan fingerprint density at radius 2 is 0.923 bits per heavy atom. The molecule has 3 aromatic carbocycles. The molecular weight excluding hydrogens is 328 g/mol. The monoisotopic (exact) mass is 346 g/mol. The number of benzene rings is 3. The molecule has 2 fully saturated rings. The molecule has 0 N–H and O–H groups in total. The highest BCUT2D eigenvalue weighted by molar-refractivity contribution is 5.31. The molecule has 4 nitrogen and oxygen atoms in total. The fourth-order valence-electron chi connectivity index (χ4n) is 3.81. The van der Waals surface area contributed by atoms with Crippen LogP contribution in [-0.2, 0) is 37.5 Å². The van der Waals surface area contributed by atoms with E-state index in [1.807, 2.05) is 78.9 Å². The van der Waals surface area contributed by atoms with E-state index in [0.29, 0.717) is 6.42 Å². The van der Waals surface area contributed by atoms with Crippen molar-refractivity contribution in [2.75, 3.05) is 0 Å². The van der Waals surface area contributed by atoms with Crippen LogP contribution in [0.2, 0.25) is 0 Å². The quantitative estimate of drug-likeness (QED) is 0.653. The van der Waals surface area contributed by atoms with Crippen molar-refractivity contribution in [2.45, 2.75) is 18.0 Å². The lowest BCUT2D eigenvalue weighted by Gasteiger charge is -2.26. The van der Waals surface area contributed by atoms with Gasteiger partial charge in [-0.15, -0.1) is 0 Å². The van der Waals surface area contributed by atoms with Crippen molar-refractivity contribution in [3.8, 4) is 0 Å². The van der Waals surface area contributed by atoms with Crippen LogP contribution in [0.3, 0.4) is 0 Å². The van der Waals surface area contributed by atoms with Gasteiger partial charge in [0.25, 0.3) is 11.6 Å². The maximum Gasteiger partial charge on any atom is 0.268 e. The van der Waals surface area contributed by atoms with Crippen LogP contribution in [-0.4, -0.2) is 0 Å². The average molecular weight is 346 g/mol. The van der Waals surface area contributed by atoms with Gasteiger partial charge in [0, 0.05) is 11.1 Å². The van der Waals surface area contributed by atoms with Crippen molar-refractivity contribution in [1.29, 1.82) is 0 Å². The first-order chi connectivity index (χ1) is 12.8. The SMILES string of the molecule is c1ccc(CC2C3(c4ccccc4)OOC2(c2ccccc2)OO3)cc1. The number of hydrogen-bond donors (Lipinski definition) is 0. The summed E-state index contributed by atoms with van der Waals surface area (Å²) >= 11 is 0. The van der Waals surface area contributed by atoms with E-state index in [2.05, 4.69) is 12.1 Å². The standard InChI is InChI=1S/C22H18O4/c1-4-10-17(11-5-1)16-20-21(18-12-6-2-7-13-18)23-25-22(20,26-24-21)19-14-8-3-9-15-19/h1-15,20H,16H2. The van der Waals surface area contributed by atoms with Gasteiger partial charge in [0.2, 0.25) is 0 Å². The number of rotatable bonds is 4. The third-order valence-corrected chi connectivity index (χ3v) is 5.13. The van der Waals surface area contributed by atoms with Crippen LogP contribution in [0.25, 0.3) is 0 Å². The van der Waals surface area contributed by atoms with Gasteiger partial charge in [-0.1, -0.05) is 91.0 Å². The molecule has 0 radical (unpaired) electrons. The normalized spacial score (nSPS) is 29.8. The van der Waals surface area contributed by atoms with Crippen LogP contribution >= 0.6 is 0 Å². The Hall–Kier alpha value is -2.50. The zero-order valence-corrected chi connectivity index (χ0v) is 14.1. The summed E-state index contributed by atoms with van der Waals surface area (Å²) in [5, 5.41) is 0. The van der Waals surface area contributed by atoms with Crippen LogP contribution in [0.5, 0.6) is 0 Å². The summed E-state index contributed by atoms with van der Waals surface area (Å²) in [6, 6.07) is 29.9. The smallest absolute Gasteiger partial charge is 0.189 e. The van der Waals surface area contributed by atoms with Crippen molar-refractivity contribution in [3.05, 3.63) is 108 Å². The van der Waals surface area contributed by atoms with Gasteiger partial charge in [0.15, 0.2) is 0 Å². The number of hydrogen-bond acceptors (Lipinski definition) is 4. The Balaban J connectivity index is 1.63. The molecule has 2 aliphatic rings. The van der Waals surface area contributed by atoms with E-state index in [9.17, 15) is 0 Å². The van der Waals surface area contributed by atoms with E-state index in [4.69, 9.17) is 19.6 Å². The Morgan fingerprint density at radius 3 is 1.35 bits per heavy atom. The molecule has 5 rings (SSSR count). The molecule has 2 aliphatic heterocycles. The van der Waals surface area contributed by atoms with Gasteiger partial charge >= 0.3 is 0 Å². The Kier molecular flexibility index (Phi) is 3.65. The lowest BCUT2D eigenvalue weighted by molar-refractivity contribution is -0.601. The molecule has 0 amide bonds. The van der Waals surface area contributed by atoms with E-state index < -0.39 is 11.6 Å². The third kappa shape index (κ3) is 2.24. The molecule has 130 valence electrons. The maximum absolute atomic E-state index is 5.82. The summed E-state index contributed by atoms with van der Waals surface area (Å²) in [7, 11) is 0. The third-order valence-electron chi connectivity index (χ3n) is 5.13. The topological polar surface area (TPSA) is 36.9 Å². The molecule has 2 bridgehead atoms. The molecule has 0 saturated carbocycles. The van der Waals surface area contributed by atoms with Gasteiger partial charge in [0.05, 0.1) is 5.92 Å². The highest BCUT2D eigenvalue weighted by Gasteiger charge is 2.72. The Morgan fingerprint density at radius 1 is 0.538 bits per heavy atom. The van der Waals surface area contributed by atoms with Crippen LogP contribution in [0.15, 0.2) is 91.0 Å². The van der Waals surface area contributed by atoms with Crippen molar-refractivity contribution in [2.24, 2.45) is 5.92 Å². The largest absolute Gasteiger partial charge is 0.268 e. The van der Waals surface area contributed by atoms with E-state index in [1.54, 1.807) is 0 Å². The summed E-state index contributed by atoms with van der Waals surface area (Å²) in [5.41, 5.74) is 2.91. The Labute approximate surface area is 151 Å². The fraction of sp³-hybridized carbons (Fsp3) is 0.182. The highest BCUT2D eigenvalue weighted by Crippen LogP contribution is 2.61. The minimum absolute atomic E-state index is 0.206. The van der Waals surface area contributed by atoms with Gasteiger partial charge in [0.1, 0.15) is 0 Å². The predicted octanol–water partition coefficient (Wildman–Crippen LogP) is 4.47. The van der Waals surface area contributed by atoms with Gasteiger partial charge in [-0.05, 0) is 12.0 Å². The van der Waals surface area contributed by atoms with Crippen LogP contribution in [0, 0.1) is 5.92 Å². The second kappa shape index (κ2) is 6.04. The van der Waals surface area contributed by atoms with Gasteiger partial charge in [-0.25, -0.2) is 0 Å². The molecule has 0 aromatic heterocycles. The zero-order valence-electron chi connectivity index (χ0n) is 14.1. The molecule has 26 heavy (non-hydrogen) atoms. The lowest BCUT2D eigenvalue weighted by atomic mass is 9.79. The first-order valence-electron chi connectivity index (χ1n) is 8.72. The molecule has 2 saturated heterocycles. The molecule has 0 atom stereocenters. The first-order valence-corrected chi connectivity index (χ1v) is 8.72. The average Bonchev–Trinajstić information content (AvgIpc) is 3.22. The van der Waals surface area contributed by atoms with Crippen molar-refractivity contribution < 1.29 is 19.6 Å². The predicted molar refractivity (Wildman–Crippen MR) is 94.2 cm³/mol. The summed E-state index contributed by atoms with van der Waals surface area (Å²) < 4.78 is 0. The minimum Gasteiger partial charge on any atom is -0.189 e. The van der Waals surface area contributed by atoms with Crippen molar-refractivity contribution in [3.63, 3.8) is 0 Å². The van der Waals surface area contributed by atoms with Crippen LogP contribution in [0.1, 0.15) is 16.7 Å². The summed E-state index contributed by atoms with van der Waals surface area (Å²) in [5.74, 6) is -2.41. The van der Waals surface area contributed by atoms with E-state index >= 15 is 0 Å². The maximum atomic E-state index is 5.82. The van der Waals surface area contributed by atoms with Gasteiger partial charge in [-0.2, -0.15) is 19.6 Å². The molecule has 2 heterocycles. The lowest BCUT2D eigenvalue weighted by Crippen LogP contribution is -2.35. The second-order valence-corrected chi connectivity index (χ2v) is 6.64. The van der Waals surface area contributed by atoms with Crippen molar-refractivity contribution in [1.82, 2.24) is 0 Å². The highest BCUT2D eigenvalue weighted by atomic mass is 17.4.